The minimum atomic E-state index is 0. The van der Waals surface area contributed by atoms with Gasteiger partial charge in [-0.2, -0.15) is 4.98 Å². The van der Waals surface area contributed by atoms with Crippen molar-refractivity contribution in [2.24, 2.45) is 10.9 Å². The molecule has 2 rings (SSSR count). The zero-order valence-corrected chi connectivity index (χ0v) is 17.7. The second-order valence-electron chi connectivity index (χ2n) is 6.71. The monoisotopic (exact) mass is 449 g/mol. The fourth-order valence-corrected chi connectivity index (χ4v) is 2.67. The summed E-state index contributed by atoms with van der Waals surface area (Å²) in [4.78, 5) is 11.6. The first-order valence-corrected chi connectivity index (χ1v) is 8.95. The largest absolute Gasteiger partial charge is 0.357 e. The normalized spacial score (nSPS) is 16.4. The molecular weight excluding hydrogens is 417 g/mol. The van der Waals surface area contributed by atoms with E-state index >= 15 is 0 Å². The van der Waals surface area contributed by atoms with Gasteiger partial charge in [-0.1, -0.05) is 25.9 Å². The summed E-state index contributed by atoms with van der Waals surface area (Å²) in [6.45, 7) is 12.5. The van der Waals surface area contributed by atoms with Crippen LogP contribution < -0.4 is 5.32 Å². The second-order valence-corrected chi connectivity index (χ2v) is 6.71. The summed E-state index contributed by atoms with van der Waals surface area (Å²) in [6.07, 6.45) is 4.23. The number of likely N-dealkylation sites (tertiary alicyclic amines) is 1. The van der Waals surface area contributed by atoms with Crippen molar-refractivity contribution in [1.29, 1.82) is 0 Å². The summed E-state index contributed by atoms with van der Waals surface area (Å²) in [5.74, 6) is 3.71. The number of guanidine groups is 1. The van der Waals surface area contributed by atoms with Crippen molar-refractivity contribution in [1.82, 2.24) is 20.4 Å². The molecule has 1 aromatic heterocycles. The molecule has 0 bridgehead atoms. The van der Waals surface area contributed by atoms with Crippen LogP contribution in [0.1, 0.15) is 64.6 Å². The third-order valence-corrected chi connectivity index (χ3v) is 4.23. The van der Waals surface area contributed by atoms with Crippen molar-refractivity contribution in [3.05, 3.63) is 11.7 Å². The Bertz CT molecular complexity index is 495. The van der Waals surface area contributed by atoms with Crippen LogP contribution in [-0.2, 0) is 6.42 Å². The molecule has 0 amide bonds. The van der Waals surface area contributed by atoms with Gasteiger partial charge in [-0.05, 0) is 32.1 Å². The summed E-state index contributed by atoms with van der Waals surface area (Å²) < 4.78 is 5.27. The average molecular weight is 449 g/mol. The summed E-state index contributed by atoms with van der Waals surface area (Å²) in [6, 6.07) is 0. The lowest BCUT2D eigenvalue weighted by molar-refractivity contribution is 0.273. The first-order valence-electron chi connectivity index (χ1n) is 8.95. The van der Waals surface area contributed by atoms with Gasteiger partial charge in [0.25, 0.3) is 0 Å². The smallest absolute Gasteiger partial charge is 0.226 e. The van der Waals surface area contributed by atoms with Crippen LogP contribution in [0.25, 0.3) is 0 Å². The molecule has 1 N–H and O–H groups in total. The van der Waals surface area contributed by atoms with Gasteiger partial charge in [-0.15, -0.1) is 24.0 Å². The van der Waals surface area contributed by atoms with Crippen LogP contribution in [0.3, 0.4) is 0 Å². The third kappa shape index (κ3) is 6.57. The molecule has 1 fully saturated rings. The Hall–Kier alpha value is -0.860. The molecule has 0 atom stereocenters. The topological polar surface area (TPSA) is 66.5 Å². The Morgan fingerprint density at radius 2 is 2.08 bits per heavy atom. The van der Waals surface area contributed by atoms with E-state index in [1.807, 2.05) is 0 Å². The number of nitrogens with one attached hydrogen (secondary N) is 1. The highest BCUT2D eigenvalue weighted by molar-refractivity contribution is 14.0. The summed E-state index contributed by atoms with van der Waals surface area (Å²) in [5.41, 5.74) is 0. The Balaban J connectivity index is 0.00000288. The molecule has 1 aromatic rings. The van der Waals surface area contributed by atoms with Crippen LogP contribution in [0.5, 0.6) is 0 Å². The maximum atomic E-state index is 5.27. The van der Waals surface area contributed by atoms with E-state index in [1.54, 1.807) is 0 Å². The van der Waals surface area contributed by atoms with Crippen LogP contribution in [0.15, 0.2) is 9.52 Å². The number of aliphatic imine (C=N–C) groups is 1. The van der Waals surface area contributed by atoms with Gasteiger partial charge in [-0.25, -0.2) is 0 Å². The Morgan fingerprint density at radius 1 is 1.38 bits per heavy atom. The minimum absolute atomic E-state index is 0. The Kier molecular flexibility index (Phi) is 9.61. The molecule has 0 radical (unpaired) electrons. The fourth-order valence-electron chi connectivity index (χ4n) is 2.67. The maximum Gasteiger partial charge on any atom is 0.226 e. The molecule has 138 valence electrons. The van der Waals surface area contributed by atoms with Gasteiger partial charge in [-0.3, -0.25) is 4.99 Å². The van der Waals surface area contributed by atoms with E-state index in [9.17, 15) is 0 Å². The summed E-state index contributed by atoms with van der Waals surface area (Å²) in [7, 11) is 0. The Morgan fingerprint density at radius 3 is 2.67 bits per heavy atom. The number of hydrogen-bond donors (Lipinski definition) is 1. The van der Waals surface area contributed by atoms with Crippen LogP contribution in [0, 0.1) is 5.92 Å². The standard InChI is InChI=1S/C17H31N5O.HI/c1-5-18-17(22-11-8-14(4)9-12-22)19-10-6-7-15-20-16(13(2)3)21-23-15;/h13-14H,5-12H2,1-4H3,(H,18,19);1H. The molecule has 0 spiro atoms. The van der Waals surface area contributed by atoms with Crippen molar-refractivity contribution in [3.8, 4) is 0 Å². The highest BCUT2D eigenvalue weighted by Gasteiger charge is 2.18. The van der Waals surface area contributed by atoms with Gasteiger partial charge in [0.1, 0.15) is 0 Å². The molecular formula is C17H32IN5O. The van der Waals surface area contributed by atoms with Crippen molar-refractivity contribution in [2.45, 2.75) is 59.3 Å². The number of halogens is 1. The van der Waals surface area contributed by atoms with E-state index in [0.29, 0.717) is 5.92 Å². The fraction of sp³-hybridized carbons (Fsp3) is 0.824. The average Bonchev–Trinajstić information content (AvgIpc) is 3.00. The highest BCUT2D eigenvalue weighted by atomic mass is 127. The quantitative estimate of drug-likeness (QED) is 0.312. The minimum Gasteiger partial charge on any atom is -0.357 e. The summed E-state index contributed by atoms with van der Waals surface area (Å²) in [5, 5.41) is 7.41. The maximum absolute atomic E-state index is 5.27. The predicted octanol–water partition coefficient (Wildman–Crippen LogP) is 3.44. The molecule has 0 aromatic carbocycles. The first-order chi connectivity index (χ1) is 11.1. The molecule has 6 nitrogen and oxygen atoms in total. The molecule has 1 aliphatic heterocycles. The lowest BCUT2D eigenvalue weighted by Gasteiger charge is -2.33. The van der Waals surface area contributed by atoms with E-state index in [4.69, 9.17) is 9.52 Å². The van der Waals surface area contributed by atoms with Gasteiger partial charge in [0.05, 0.1) is 0 Å². The van der Waals surface area contributed by atoms with E-state index in [2.05, 4.69) is 48.1 Å². The molecule has 0 aliphatic carbocycles. The second kappa shape index (κ2) is 10.9. The van der Waals surface area contributed by atoms with Crippen molar-refractivity contribution < 1.29 is 4.52 Å². The van der Waals surface area contributed by atoms with Gasteiger partial charge in [0.15, 0.2) is 11.8 Å². The third-order valence-electron chi connectivity index (χ3n) is 4.23. The van der Waals surface area contributed by atoms with E-state index in [-0.39, 0.29) is 24.0 Å². The summed E-state index contributed by atoms with van der Waals surface area (Å²) >= 11 is 0. The molecule has 2 heterocycles. The molecule has 24 heavy (non-hydrogen) atoms. The number of rotatable bonds is 6. The SMILES string of the molecule is CCNC(=NCCCc1nc(C(C)C)no1)N1CCC(C)CC1.I. The Labute approximate surface area is 162 Å². The van der Waals surface area contributed by atoms with Crippen LogP contribution in [0.4, 0.5) is 0 Å². The first kappa shape index (κ1) is 21.2. The van der Waals surface area contributed by atoms with Crippen molar-refractivity contribution in [2.75, 3.05) is 26.2 Å². The molecule has 1 saturated heterocycles. The number of piperidine rings is 1. The zero-order chi connectivity index (χ0) is 16.7. The van der Waals surface area contributed by atoms with Crippen molar-refractivity contribution >= 4 is 29.9 Å². The van der Waals surface area contributed by atoms with Crippen LogP contribution >= 0.6 is 24.0 Å². The molecule has 7 heteroatoms. The molecule has 0 unspecified atom stereocenters. The lowest BCUT2D eigenvalue weighted by atomic mass is 10.00. The number of aromatic nitrogens is 2. The van der Waals surface area contributed by atoms with E-state index < -0.39 is 0 Å². The number of aryl methyl sites for hydroxylation is 1. The predicted molar refractivity (Wildman–Crippen MR) is 108 cm³/mol. The van der Waals surface area contributed by atoms with Gasteiger partial charge in [0.2, 0.25) is 5.89 Å². The van der Waals surface area contributed by atoms with Gasteiger partial charge >= 0.3 is 0 Å². The molecule has 1 aliphatic rings. The highest BCUT2D eigenvalue weighted by Crippen LogP contribution is 2.16. The van der Waals surface area contributed by atoms with E-state index in [1.165, 1.54) is 12.8 Å². The van der Waals surface area contributed by atoms with Crippen LogP contribution in [0.2, 0.25) is 0 Å². The molecule has 0 saturated carbocycles. The van der Waals surface area contributed by atoms with E-state index in [0.717, 1.165) is 62.6 Å². The van der Waals surface area contributed by atoms with Crippen molar-refractivity contribution in [3.63, 3.8) is 0 Å². The lowest BCUT2D eigenvalue weighted by Crippen LogP contribution is -2.45. The van der Waals surface area contributed by atoms with Gasteiger partial charge < -0.3 is 14.7 Å². The number of nitrogens with zero attached hydrogens (tertiary/aromatic N) is 4. The van der Waals surface area contributed by atoms with Gasteiger partial charge in [0, 0.05) is 38.5 Å². The number of hydrogen-bond acceptors (Lipinski definition) is 4. The van der Waals surface area contributed by atoms with Crippen LogP contribution in [-0.4, -0.2) is 47.2 Å². The zero-order valence-electron chi connectivity index (χ0n) is 15.4.